The number of hydrogen-bond acceptors (Lipinski definition) is 3. The van der Waals surface area contributed by atoms with Crippen LogP contribution in [0.4, 0.5) is 0 Å². The molecular weight excluding hydrogens is 238 g/mol. The highest BCUT2D eigenvalue weighted by molar-refractivity contribution is 4.92. The minimum absolute atomic E-state index is 0.256. The molecule has 1 N–H and O–H groups in total. The predicted molar refractivity (Wildman–Crippen MR) is 78.5 cm³/mol. The third-order valence-corrected chi connectivity index (χ3v) is 4.74. The molecule has 1 saturated heterocycles. The number of methoxy groups -OCH3 is 1. The van der Waals surface area contributed by atoms with Gasteiger partial charge in [-0.3, -0.25) is 0 Å². The molecule has 2 atom stereocenters. The summed E-state index contributed by atoms with van der Waals surface area (Å²) in [7, 11) is 1.79. The fourth-order valence-electron chi connectivity index (χ4n) is 3.70. The Morgan fingerprint density at radius 1 is 1.26 bits per heavy atom. The van der Waals surface area contributed by atoms with Crippen LogP contribution in [0.5, 0.6) is 0 Å². The maximum Gasteiger partial charge on any atom is 0.0708 e. The van der Waals surface area contributed by atoms with E-state index in [0.717, 1.165) is 13.2 Å². The van der Waals surface area contributed by atoms with Crippen LogP contribution in [0.15, 0.2) is 0 Å². The number of nitrogens with one attached hydrogen (secondary N) is 1. The van der Waals surface area contributed by atoms with Crippen molar-refractivity contribution in [2.24, 2.45) is 0 Å². The van der Waals surface area contributed by atoms with Gasteiger partial charge >= 0.3 is 0 Å². The van der Waals surface area contributed by atoms with Crippen molar-refractivity contribution >= 4 is 0 Å². The first-order chi connectivity index (χ1) is 9.28. The third kappa shape index (κ3) is 4.44. The topological polar surface area (TPSA) is 30.5 Å². The van der Waals surface area contributed by atoms with Gasteiger partial charge in [0.2, 0.25) is 0 Å². The van der Waals surface area contributed by atoms with Gasteiger partial charge in [0.15, 0.2) is 0 Å². The second-order valence-electron chi connectivity index (χ2n) is 6.37. The van der Waals surface area contributed by atoms with E-state index in [1.165, 1.54) is 57.8 Å². The Kier molecular flexibility index (Phi) is 6.11. The van der Waals surface area contributed by atoms with Crippen molar-refractivity contribution in [3.8, 4) is 0 Å². The molecule has 1 aliphatic carbocycles. The molecule has 0 radical (unpaired) electrons. The van der Waals surface area contributed by atoms with Gasteiger partial charge in [-0.1, -0.05) is 32.6 Å². The van der Waals surface area contributed by atoms with Gasteiger partial charge in [-0.2, -0.15) is 0 Å². The Labute approximate surface area is 118 Å². The van der Waals surface area contributed by atoms with E-state index < -0.39 is 0 Å². The molecule has 19 heavy (non-hydrogen) atoms. The van der Waals surface area contributed by atoms with Crippen LogP contribution in [0.3, 0.4) is 0 Å². The van der Waals surface area contributed by atoms with Gasteiger partial charge in [0.25, 0.3) is 0 Å². The van der Waals surface area contributed by atoms with E-state index in [0.29, 0.717) is 12.1 Å². The first-order valence-electron chi connectivity index (χ1n) is 8.18. The lowest BCUT2D eigenvalue weighted by Gasteiger charge is -2.33. The van der Waals surface area contributed by atoms with Crippen molar-refractivity contribution in [2.45, 2.75) is 82.5 Å². The summed E-state index contributed by atoms with van der Waals surface area (Å²) in [6.07, 6.45) is 12.0. The summed E-state index contributed by atoms with van der Waals surface area (Å²) in [6.45, 7) is 4.04. The van der Waals surface area contributed by atoms with Crippen LogP contribution in [-0.4, -0.2) is 38.0 Å². The highest BCUT2D eigenvalue weighted by Gasteiger charge is 2.40. The second kappa shape index (κ2) is 7.61. The zero-order chi connectivity index (χ0) is 13.6. The molecule has 112 valence electrons. The second-order valence-corrected chi connectivity index (χ2v) is 6.37. The van der Waals surface area contributed by atoms with Crippen molar-refractivity contribution in [2.75, 3.05) is 20.3 Å². The van der Waals surface area contributed by atoms with E-state index in [-0.39, 0.29) is 5.60 Å². The smallest absolute Gasteiger partial charge is 0.0708 e. The SMILES string of the molecule is CCCC(COC)NCC1CCC2(CCCCC2)O1. The summed E-state index contributed by atoms with van der Waals surface area (Å²) in [6, 6.07) is 0.488. The standard InChI is InChI=1S/C16H31NO2/c1-3-7-14(13-18-2)17-12-15-8-11-16(19-15)9-5-4-6-10-16/h14-15,17H,3-13H2,1-2H3. The summed E-state index contributed by atoms with van der Waals surface area (Å²) in [5.74, 6) is 0. The Bertz CT molecular complexity index is 245. The zero-order valence-corrected chi connectivity index (χ0v) is 12.7. The maximum absolute atomic E-state index is 6.39. The summed E-state index contributed by atoms with van der Waals surface area (Å²) in [4.78, 5) is 0. The molecule has 2 rings (SSSR count). The quantitative estimate of drug-likeness (QED) is 0.769. The minimum Gasteiger partial charge on any atom is -0.383 e. The fourth-order valence-corrected chi connectivity index (χ4v) is 3.70. The first kappa shape index (κ1) is 15.3. The number of ether oxygens (including phenoxy) is 2. The van der Waals surface area contributed by atoms with Crippen molar-refractivity contribution in [3.05, 3.63) is 0 Å². The van der Waals surface area contributed by atoms with Gasteiger partial charge in [-0.15, -0.1) is 0 Å². The number of hydrogen-bond donors (Lipinski definition) is 1. The van der Waals surface area contributed by atoms with Gasteiger partial charge in [0.05, 0.1) is 18.3 Å². The maximum atomic E-state index is 6.39. The normalized spacial score (nSPS) is 27.8. The molecule has 1 heterocycles. The summed E-state index contributed by atoms with van der Waals surface area (Å²) in [5.41, 5.74) is 0.256. The largest absolute Gasteiger partial charge is 0.383 e. The molecule has 3 heteroatoms. The van der Waals surface area contributed by atoms with Crippen LogP contribution in [0.1, 0.15) is 64.7 Å². The van der Waals surface area contributed by atoms with E-state index in [2.05, 4.69) is 12.2 Å². The minimum atomic E-state index is 0.256. The molecule has 0 aromatic rings. The van der Waals surface area contributed by atoms with Crippen molar-refractivity contribution in [3.63, 3.8) is 0 Å². The molecule has 2 fully saturated rings. The van der Waals surface area contributed by atoms with Gasteiger partial charge in [0, 0.05) is 19.7 Å². The lowest BCUT2D eigenvalue weighted by Crippen LogP contribution is -2.40. The summed E-state index contributed by atoms with van der Waals surface area (Å²) in [5, 5.41) is 3.64. The monoisotopic (exact) mass is 269 g/mol. The van der Waals surface area contributed by atoms with Gasteiger partial charge in [-0.05, 0) is 32.1 Å². The highest BCUT2D eigenvalue weighted by Crippen LogP contribution is 2.41. The average Bonchev–Trinajstić information content (AvgIpc) is 2.80. The van der Waals surface area contributed by atoms with E-state index in [4.69, 9.17) is 9.47 Å². The number of rotatable bonds is 7. The molecular formula is C16H31NO2. The van der Waals surface area contributed by atoms with Gasteiger partial charge in [0.1, 0.15) is 0 Å². The van der Waals surface area contributed by atoms with Crippen molar-refractivity contribution < 1.29 is 9.47 Å². The zero-order valence-electron chi connectivity index (χ0n) is 12.7. The molecule has 2 aliphatic rings. The first-order valence-corrected chi connectivity index (χ1v) is 8.18. The van der Waals surface area contributed by atoms with Gasteiger partial charge in [-0.25, -0.2) is 0 Å². The van der Waals surface area contributed by atoms with E-state index >= 15 is 0 Å². The van der Waals surface area contributed by atoms with Crippen molar-refractivity contribution in [1.29, 1.82) is 0 Å². The summed E-state index contributed by atoms with van der Waals surface area (Å²) < 4.78 is 11.7. The molecule has 0 aromatic heterocycles. The highest BCUT2D eigenvalue weighted by atomic mass is 16.5. The van der Waals surface area contributed by atoms with E-state index in [9.17, 15) is 0 Å². The Hall–Kier alpha value is -0.120. The van der Waals surface area contributed by atoms with Gasteiger partial charge < -0.3 is 14.8 Å². The van der Waals surface area contributed by atoms with Crippen LogP contribution in [-0.2, 0) is 9.47 Å². The molecule has 0 aromatic carbocycles. The Balaban J connectivity index is 1.71. The molecule has 1 saturated carbocycles. The van der Waals surface area contributed by atoms with E-state index in [1.54, 1.807) is 7.11 Å². The lowest BCUT2D eigenvalue weighted by molar-refractivity contribution is -0.0634. The molecule has 1 spiro atoms. The van der Waals surface area contributed by atoms with Crippen LogP contribution in [0, 0.1) is 0 Å². The van der Waals surface area contributed by atoms with Crippen LogP contribution >= 0.6 is 0 Å². The molecule has 0 bridgehead atoms. The van der Waals surface area contributed by atoms with Crippen LogP contribution in [0.25, 0.3) is 0 Å². The molecule has 2 unspecified atom stereocenters. The lowest BCUT2D eigenvalue weighted by atomic mass is 9.83. The summed E-state index contributed by atoms with van der Waals surface area (Å²) >= 11 is 0. The van der Waals surface area contributed by atoms with E-state index in [1.807, 2.05) is 0 Å². The van der Waals surface area contributed by atoms with Crippen LogP contribution < -0.4 is 5.32 Å². The molecule has 1 aliphatic heterocycles. The van der Waals surface area contributed by atoms with Crippen molar-refractivity contribution in [1.82, 2.24) is 5.32 Å². The molecule has 3 nitrogen and oxygen atoms in total. The Morgan fingerprint density at radius 2 is 2.05 bits per heavy atom. The molecule has 0 amide bonds. The van der Waals surface area contributed by atoms with Crippen LogP contribution in [0.2, 0.25) is 0 Å². The fraction of sp³-hybridized carbons (Fsp3) is 1.00. The average molecular weight is 269 g/mol. The third-order valence-electron chi connectivity index (χ3n) is 4.74. The predicted octanol–water partition coefficient (Wildman–Crippen LogP) is 3.27. The Morgan fingerprint density at radius 3 is 2.74 bits per heavy atom.